The molecule has 0 fully saturated rings. The molecule has 0 saturated heterocycles. The van der Waals surface area contributed by atoms with Gasteiger partial charge in [0.25, 0.3) is 0 Å². The van der Waals surface area contributed by atoms with Crippen molar-refractivity contribution in [2.24, 2.45) is 0 Å². The summed E-state index contributed by atoms with van der Waals surface area (Å²) in [4.78, 5) is 14.3. The van der Waals surface area contributed by atoms with Gasteiger partial charge >= 0.3 is 9.17 Å². The molecule has 0 amide bonds. The van der Waals surface area contributed by atoms with E-state index in [1.807, 2.05) is 0 Å². The molecule has 6 heteroatoms. The number of rotatable bonds is 0. The van der Waals surface area contributed by atoms with Gasteiger partial charge in [-0.1, -0.05) is 0 Å². The van der Waals surface area contributed by atoms with Crippen LogP contribution in [0.25, 0.3) is 0 Å². The van der Waals surface area contributed by atoms with Gasteiger partial charge in [-0.15, -0.1) is 0 Å². The topological polar surface area (TPSA) is 57.5 Å². The van der Waals surface area contributed by atoms with Gasteiger partial charge in [0.15, 0.2) is 0 Å². The second-order valence-corrected chi connectivity index (χ2v) is 0.848. The van der Waals surface area contributed by atoms with Crippen LogP contribution >= 0.6 is 0 Å². The fourth-order valence-corrected chi connectivity index (χ4v) is 0. The summed E-state index contributed by atoms with van der Waals surface area (Å²) in [5.74, 6) is 0. The minimum Gasteiger partial charge on any atom is -0.511 e. The summed E-state index contributed by atoms with van der Waals surface area (Å²) < 4.78 is 8.74. The van der Waals surface area contributed by atoms with Gasteiger partial charge in [-0.3, -0.25) is 4.46 Å². The molecule has 0 aromatic rings. The SMILES string of the molecule is O=[Si](O)O.[Cd].[Zr]. The standard InChI is InChI=1S/Cd.H2O3Si.Zr/c;1-4(2)3;/h;1-2H;. The third kappa shape index (κ3) is 52.4. The quantitative estimate of drug-likeness (QED) is 0.525. The Bertz CT molecular complexity index is 33.8. The van der Waals surface area contributed by atoms with Crippen LogP contribution in [0.3, 0.4) is 0 Å². The van der Waals surface area contributed by atoms with Gasteiger partial charge in [0.1, 0.15) is 0 Å². The Morgan fingerprint density at radius 1 is 1.33 bits per heavy atom. The van der Waals surface area contributed by atoms with Gasteiger partial charge in [0.05, 0.1) is 0 Å². The van der Waals surface area contributed by atoms with Crippen molar-refractivity contribution >= 4 is 9.17 Å². The van der Waals surface area contributed by atoms with Crippen LogP contribution in [-0.2, 0) is 58.0 Å². The summed E-state index contributed by atoms with van der Waals surface area (Å²) in [6.07, 6.45) is 0. The third-order valence-corrected chi connectivity index (χ3v) is 0. The molecule has 0 aromatic heterocycles. The maximum absolute atomic E-state index is 8.74. The zero-order valence-electron chi connectivity index (χ0n) is 3.01. The zero-order valence-corrected chi connectivity index (χ0v) is 10.5. The minimum atomic E-state index is -3.13. The molecule has 0 rings (SSSR count). The molecule has 3 nitrogen and oxygen atoms in total. The Labute approximate surface area is 75.9 Å². The summed E-state index contributed by atoms with van der Waals surface area (Å²) >= 11 is 0. The molecule has 0 aliphatic heterocycles. The Morgan fingerprint density at radius 2 is 1.33 bits per heavy atom. The molecule has 2 N–H and O–H groups in total. The minimum absolute atomic E-state index is 0. The van der Waals surface area contributed by atoms with Crippen molar-refractivity contribution in [1.29, 1.82) is 0 Å². The molecular weight excluding hydrogens is 280 g/mol. The van der Waals surface area contributed by atoms with E-state index in [9.17, 15) is 0 Å². The smallest absolute Gasteiger partial charge is 0.511 e. The van der Waals surface area contributed by atoms with Crippen molar-refractivity contribution in [3.8, 4) is 0 Å². The van der Waals surface area contributed by atoms with Crippen LogP contribution in [-0.4, -0.2) is 18.8 Å². The second-order valence-electron chi connectivity index (χ2n) is 0.283. The van der Waals surface area contributed by atoms with E-state index in [1.165, 1.54) is 0 Å². The van der Waals surface area contributed by atoms with E-state index in [2.05, 4.69) is 0 Å². The van der Waals surface area contributed by atoms with Crippen molar-refractivity contribution in [3.05, 3.63) is 0 Å². The molecule has 0 saturated carbocycles. The zero-order chi connectivity index (χ0) is 3.58. The first-order chi connectivity index (χ1) is 1.73. The van der Waals surface area contributed by atoms with Gasteiger partial charge in [-0.05, 0) is 0 Å². The first-order valence-electron chi connectivity index (χ1n) is 0.651. The summed E-state index contributed by atoms with van der Waals surface area (Å²) in [6, 6.07) is 0. The predicted molar refractivity (Wildman–Crippen MR) is 10.9 cm³/mol. The van der Waals surface area contributed by atoms with Crippen LogP contribution in [0.4, 0.5) is 0 Å². The summed E-state index contributed by atoms with van der Waals surface area (Å²) in [5.41, 5.74) is 0. The number of hydrogen-bond donors (Lipinski definition) is 2. The molecule has 0 bridgehead atoms. The van der Waals surface area contributed by atoms with E-state index in [1.54, 1.807) is 0 Å². The maximum Gasteiger partial charge on any atom is 0.761 e. The molecule has 6 heavy (non-hydrogen) atoms. The molecule has 0 unspecified atom stereocenters. The third-order valence-electron chi connectivity index (χ3n) is 0. The van der Waals surface area contributed by atoms with Crippen LogP contribution in [0.15, 0.2) is 0 Å². The van der Waals surface area contributed by atoms with Crippen LogP contribution in [0.2, 0.25) is 0 Å². The van der Waals surface area contributed by atoms with Gasteiger partial charge < -0.3 is 9.59 Å². The molecule has 0 radical (unpaired) electrons. The monoisotopic (exact) mass is 282 g/mol. The Balaban J connectivity index is -0.0000000450. The van der Waals surface area contributed by atoms with Crippen molar-refractivity contribution in [2.75, 3.05) is 0 Å². The van der Waals surface area contributed by atoms with E-state index in [-0.39, 0.29) is 53.5 Å². The molecule has 30 valence electrons. The first-order valence-corrected chi connectivity index (χ1v) is 1.95. The molecular formula is H2CdO3SiZr. The van der Waals surface area contributed by atoms with Crippen molar-refractivity contribution in [2.45, 2.75) is 0 Å². The van der Waals surface area contributed by atoms with Crippen molar-refractivity contribution < 1.29 is 67.6 Å². The average Bonchev–Trinajstić information content (AvgIpc) is 0.811. The van der Waals surface area contributed by atoms with Crippen LogP contribution in [0, 0.1) is 0 Å². The van der Waals surface area contributed by atoms with Gasteiger partial charge in [-0.2, -0.15) is 0 Å². The Hall–Kier alpha value is 1.42. The van der Waals surface area contributed by atoms with E-state index >= 15 is 0 Å². The first kappa shape index (κ1) is 15.7. The van der Waals surface area contributed by atoms with Gasteiger partial charge in [0, 0.05) is 53.5 Å². The fourth-order valence-electron chi connectivity index (χ4n) is 0. The average molecular weight is 282 g/mol. The molecule has 0 aliphatic rings. The van der Waals surface area contributed by atoms with E-state index in [0.717, 1.165) is 0 Å². The Morgan fingerprint density at radius 3 is 1.33 bits per heavy atom. The van der Waals surface area contributed by atoms with Crippen LogP contribution in [0.5, 0.6) is 0 Å². The maximum atomic E-state index is 8.74. The fraction of sp³-hybridized carbons (Fsp3) is 0. The van der Waals surface area contributed by atoms with E-state index in [4.69, 9.17) is 14.1 Å². The Kier molecular flexibility index (Phi) is 25.2. The van der Waals surface area contributed by atoms with E-state index in [0.29, 0.717) is 0 Å². The summed E-state index contributed by atoms with van der Waals surface area (Å²) in [5, 5.41) is 0. The molecule has 0 aliphatic carbocycles. The summed E-state index contributed by atoms with van der Waals surface area (Å²) in [7, 11) is -3.13. The molecule has 0 spiro atoms. The van der Waals surface area contributed by atoms with Crippen LogP contribution in [0.1, 0.15) is 0 Å². The normalized spacial score (nSPS) is 4.00. The molecule has 0 heterocycles. The van der Waals surface area contributed by atoms with E-state index < -0.39 is 9.17 Å². The predicted octanol–water partition coefficient (Wildman–Crippen LogP) is -1.62. The number of hydrogen-bond acceptors (Lipinski definition) is 1. The van der Waals surface area contributed by atoms with Crippen molar-refractivity contribution in [1.82, 2.24) is 0 Å². The van der Waals surface area contributed by atoms with Gasteiger partial charge in [-0.25, -0.2) is 0 Å². The molecule has 0 atom stereocenters. The van der Waals surface area contributed by atoms with Gasteiger partial charge in [0.2, 0.25) is 0 Å². The van der Waals surface area contributed by atoms with Crippen molar-refractivity contribution in [3.63, 3.8) is 0 Å². The summed E-state index contributed by atoms with van der Waals surface area (Å²) in [6.45, 7) is 0. The van der Waals surface area contributed by atoms with Crippen LogP contribution < -0.4 is 0 Å². The second kappa shape index (κ2) is 9.66. The molecule has 0 aromatic carbocycles. The largest absolute Gasteiger partial charge is 0.761 e.